The lowest BCUT2D eigenvalue weighted by Gasteiger charge is -2.28. The van der Waals surface area contributed by atoms with Crippen molar-refractivity contribution in [2.45, 2.75) is 124 Å². The van der Waals surface area contributed by atoms with Crippen molar-refractivity contribution in [2.24, 2.45) is 17.8 Å². The predicted octanol–water partition coefficient (Wildman–Crippen LogP) is 1.88. The van der Waals surface area contributed by atoms with Crippen molar-refractivity contribution in [3.05, 3.63) is 12.7 Å². The molecule has 0 saturated heterocycles. The van der Waals surface area contributed by atoms with Gasteiger partial charge in [-0.3, -0.25) is 19.2 Å². The minimum absolute atomic E-state index is 0.0710. The van der Waals surface area contributed by atoms with Crippen LogP contribution in [0.15, 0.2) is 12.7 Å². The topological polar surface area (TPSA) is 207 Å². The Bertz CT molecular complexity index is 1130. The fraction of sp³-hybridized carbons (Fsp3) is 0.727. The van der Waals surface area contributed by atoms with E-state index in [2.05, 4.69) is 33.2 Å². The lowest BCUT2D eigenvalue weighted by molar-refractivity contribution is -0.151. The largest absolute Gasteiger partial charge is 0.467 e. The molecule has 0 saturated carbocycles. The van der Waals surface area contributed by atoms with Crippen molar-refractivity contribution in [3.8, 4) is 0 Å². The number of hydrogen-bond donors (Lipinski definition) is 5. The van der Waals surface area contributed by atoms with Gasteiger partial charge < -0.3 is 40.8 Å². The summed E-state index contributed by atoms with van der Waals surface area (Å²) in [6.07, 6.45) is 1.18. The summed E-state index contributed by atoms with van der Waals surface area (Å²) in [5, 5.41) is 12.5. The van der Waals surface area contributed by atoms with Gasteiger partial charge in [0.15, 0.2) is 0 Å². The molecule has 0 radical (unpaired) electrons. The van der Waals surface area contributed by atoms with E-state index in [1.165, 1.54) is 13.2 Å². The summed E-state index contributed by atoms with van der Waals surface area (Å²) in [6, 6.07) is -6.41. The Balaban J connectivity index is 6.18. The van der Waals surface area contributed by atoms with Crippen LogP contribution in [0.5, 0.6) is 0 Å². The van der Waals surface area contributed by atoms with Crippen LogP contribution in [0.1, 0.15) is 88.5 Å². The van der Waals surface area contributed by atoms with Gasteiger partial charge in [0, 0.05) is 0 Å². The number of esters is 2. The molecule has 15 nitrogen and oxygen atoms in total. The second kappa shape index (κ2) is 20.9. The van der Waals surface area contributed by atoms with Crippen molar-refractivity contribution in [3.63, 3.8) is 0 Å². The lowest BCUT2D eigenvalue weighted by atomic mass is 9.98. The van der Waals surface area contributed by atoms with Gasteiger partial charge in [-0.1, -0.05) is 67.5 Å². The number of alkyl carbamates (subject to hydrolysis) is 1. The summed E-state index contributed by atoms with van der Waals surface area (Å²) in [7, 11) is 1.20. The molecule has 0 fully saturated rings. The van der Waals surface area contributed by atoms with E-state index in [1.807, 2.05) is 6.92 Å². The minimum atomic E-state index is -1.92. The first-order chi connectivity index (χ1) is 22.2. The van der Waals surface area contributed by atoms with E-state index in [0.29, 0.717) is 6.42 Å². The maximum absolute atomic E-state index is 13.6. The molecule has 0 heterocycles. The number of methoxy groups -OCH3 is 1. The van der Waals surface area contributed by atoms with Crippen LogP contribution in [0.3, 0.4) is 0 Å². The first kappa shape index (κ1) is 43.8. The summed E-state index contributed by atoms with van der Waals surface area (Å²) < 4.78 is 15.1. The summed E-state index contributed by atoms with van der Waals surface area (Å²) in [6.45, 7) is 20.4. The Kier molecular flexibility index (Phi) is 19.1. The molecule has 0 aromatic heterocycles. The molecule has 0 spiro atoms. The van der Waals surface area contributed by atoms with Crippen LogP contribution in [0.2, 0.25) is 0 Å². The van der Waals surface area contributed by atoms with Crippen LogP contribution in [-0.2, 0) is 43.0 Å². The Morgan fingerprint density at radius 2 is 1.27 bits per heavy atom. The molecule has 0 aliphatic heterocycles. The smallest absolute Gasteiger partial charge is 0.408 e. The standard InChI is InChI=1S/C33H57N5O10/c1-13-16-47-31(44)25(29(42)34-21(15-3)26(39)36-24(20(8)14-2)30(43)46-12)37-27(40)22(17-18(4)5)35-28(41)23(19(6)7)38-32(45)48-33(9,10)11/h13,18-25H,1,14-17H2,2-12H3,(H,34,42)(H,35,41)(H,36,39)(H,37,40)(H,38,45)/t20-,21-,22-,23-,24-,25?/m0/s1. The second-order valence-electron chi connectivity index (χ2n) is 13.3. The van der Waals surface area contributed by atoms with Gasteiger partial charge in [0.1, 0.15) is 36.4 Å². The average molecular weight is 684 g/mol. The molecule has 0 rings (SSSR count). The molecular weight excluding hydrogens is 626 g/mol. The number of hydrogen-bond acceptors (Lipinski definition) is 10. The van der Waals surface area contributed by atoms with Crippen LogP contribution < -0.4 is 26.6 Å². The first-order valence-corrected chi connectivity index (χ1v) is 16.3. The van der Waals surface area contributed by atoms with E-state index in [0.717, 1.165) is 0 Å². The molecule has 15 heteroatoms. The maximum Gasteiger partial charge on any atom is 0.408 e. The minimum Gasteiger partial charge on any atom is -0.467 e. The molecule has 5 N–H and O–H groups in total. The molecule has 274 valence electrons. The van der Waals surface area contributed by atoms with Gasteiger partial charge in [0.25, 0.3) is 5.91 Å². The lowest BCUT2D eigenvalue weighted by Crippen LogP contribution is -2.61. The van der Waals surface area contributed by atoms with Gasteiger partial charge in [-0.25, -0.2) is 14.4 Å². The number of ether oxygens (including phenoxy) is 3. The van der Waals surface area contributed by atoms with Gasteiger partial charge in [-0.15, -0.1) is 0 Å². The van der Waals surface area contributed by atoms with Crippen molar-refractivity contribution < 1.29 is 47.8 Å². The van der Waals surface area contributed by atoms with E-state index in [9.17, 15) is 33.6 Å². The third-order valence-corrected chi connectivity index (χ3v) is 7.10. The molecule has 48 heavy (non-hydrogen) atoms. The highest BCUT2D eigenvalue weighted by atomic mass is 16.6. The number of carbonyl (C=O) groups is 7. The molecule has 0 bridgehead atoms. The predicted molar refractivity (Wildman–Crippen MR) is 178 cm³/mol. The van der Waals surface area contributed by atoms with Gasteiger partial charge in [0.05, 0.1) is 7.11 Å². The SMILES string of the molecule is C=CCOC(=O)C(NC(=O)[C@H](CC(C)C)NC(=O)[C@@H](NC(=O)OC(C)(C)C)C(C)C)C(=O)N[C@@H](CC)C(=O)N[C@H](C(=O)OC)[C@@H](C)CC. The number of carbonyl (C=O) groups excluding carboxylic acids is 7. The third kappa shape index (κ3) is 15.6. The van der Waals surface area contributed by atoms with Crippen LogP contribution in [0, 0.1) is 17.8 Å². The van der Waals surface area contributed by atoms with E-state index < -0.39 is 83.4 Å². The van der Waals surface area contributed by atoms with Crippen molar-refractivity contribution in [2.75, 3.05) is 13.7 Å². The van der Waals surface area contributed by atoms with Gasteiger partial charge in [0.2, 0.25) is 23.8 Å². The Morgan fingerprint density at radius 1 is 0.708 bits per heavy atom. The van der Waals surface area contributed by atoms with Gasteiger partial charge in [-0.2, -0.15) is 0 Å². The summed E-state index contributed by atoms with van der Waals surface area (Å²) in [4.78, 5) is 91.2. The number of amides is 5. The van der Waals surface area contributed by atoms with Crippen LogP contribution in [0.25, 0.3) is 0 Å². The summed E-state index contributed by atoms with van der Waals surface area (Å²) >= 11 is 0. The highest BCUT2D eigenvalue weighted by Crippen LogP contribution is 2.12. The van der Waals surface area contributed by atoms with Crippen molar-refractivity contribution >= 4 is 41.7 Å². The van der Waals surface area contributed by atoms with E-state index in [4.69, 9.17) is 14.2 Å². The highest BCUT2D eigenvalue weighted by molar-refractivity contribution is 6.07. The number of rotatable bonds is 19. The quantitative estimate of drug-likeness (QED) is 0.0578. The molecular formula is C33H57N5O10. The zero-order valence-corrected chi connectivity index (χ0v) is 30.3. The second-order valence-corrected chi connectivity index (χ2v) is 13.3. The first-order valence-electron chi connectivity index (χ1n) is 16.3. The molecule has 0 aliphatic carbocycles. The summed E-state index contributed by atoms with van der Waals surface area (Å²) in [5.41, 5.74) is -0.813. The van der Waals surface area contributed by atoms with Gasteiger partial charge in [-0.05, 0) is 51.4 Å². The van der Waals surface area contributed by atoms with Crippen LogP contribution >= 0.6 is 0 Å². The number of nitrogens with one attached hydrogen (secondary N) is 5. The van der Waals surface area contributed by atoms with E-state index >= 15 is 0 Å². The third-order valence-electron chi connectivity index (χ3n) is 7.10. The molecule has 0 aromatic rings. The van der Waals surface area contributed by atoms with E-state index in [-0.39, 0.29) is 31.3 Å². The van der Waals surface area contributed by atoms with Crippen LogP contribution in [-0.4, -0.2) is 91.2 Å². The van der Waals surface area contributed by atoms with Crippen molar-refractivity contribution in [1.82, 2.24) is 26.6 Å². The Labute approximate surface area is 284 Å². The zero-order chi connectivity index (χ0) is 37.4. The fourth-order valence-corrected chi connectivity index (χ4v) is 4.29. The zero-order valence-electron chi connectivity index (χ0n) is 30.3. The Morgan fingerprint density at radius 3 is 1.73 bits per heavy atom. The fourth-order valence-electron chi connectivity index (χ4n) is 4.29. The summed E-state index contributed by atoms with van der Waals surface area (Å²) in [5.74, 6) is -5.92. The molecule has 5 amide bonds. The average Bonchev–Trinajstić information content (AvgIpc) is 2.99. The highest BCUT2D eigenvalue weighted by Gasteiger charge is 2.37. The maximum atomic E-state index is 13.6. The van der Waals surface area contributed by atoms with Crippen molar-refractivity contribution in [1.29, 1.82) is 0 Å². The molecule has 6 atom stereocenters. The molecule has 1 unspecified atom stereocenters. The molecule has 0 aliphatic rings. The van der Waals surface area contributed by atoms with E-state index in [1.54, 1.807) is 62.3 Å². The monoisotopic (exact) mass is 683 g/mol. The Hall–Kier alpha value is -4.17. The normalized spacial score (nSPS) is 15.0. The van der Waals surface area contributed by atoms with Crippen LogP contribution in [0.4, 0.5) is 4.79 Å². The molecule has 0 aromatic carbocycles. The van der Waals surface area contributed by atoms with Gasteiger partial charge >= 0.3 is 18.0 Å².